The fraction of sp³-hybridized carbons (Fsp3) is 0.409. The van der Waals surface area contributed by atoms with Gasteiger partial charge in [0, 0.05) is 35.2 Å². The Morgan fingerprint density at radius 1 is 1.34 bits per heavy atom. The van der Waals surface area contributed by atoms with E-state index in [1.54, 1.807) is 0 Å². The van der Waals surface area contributed by atoms with Crippen LogP contribution in [0, 0.1) is 19.8 Å². The van der Waals surface area contributed by atoms with E-state index in [4.69, 9.17) is 4.74 Å². The van der Waals surface area contributed by atoms with Crippen LogP contribution in [0.15, 0.2) is 23.6 Å². The van der Waals surface area contributed by atoms with Gasteiger partial charge in [-0.3, -0.25) is 9.48 Å². The topological polar surface area (TPSA) is 69.0 Å². The number of anilines is 1. The summed E-state index contributed by atoms with van der Waals surface area (Å²) >= 11 is 1.44. The van der Waals surface area contributed by atoms with Crippen LogP contribution in [-0.2, 0) is 24.2 Å². The molecular weight excluding hydrogens is 384 g/mol. The van der Waals surface area contributed by atoms with Crippen molar-refractivity contribution in [2.24, 2.45) is 5.92 Å². The second kappa shape index (κ2) is 7.99. The van der Waals surface area contributed by atoms with Crippen molar-refractivity contribution in [3.63, 3.8) is 0 Å². The first-order valence-corrected chi connectivity index (χ1v) is 10.8. The van der Waals surface area contributed by atoms with Gasteiger partial charge in [-0.25, -0.2) is 4.98 Å². The Hall–Kier alpha value is -2.67. The van der Waals surface area contributed by atoms with Crippen molar-refractivity contribution < 1.29 is 9.53 Å². The number of aryl methyl sites for hydroxylation is 1. The molecule has 1 amide bonds. The zero-order chi connectivity index (χ0) is 20.5. The van der Waals surface area contributed by atoms with Crippen molar-refractivity contribution in [1.82, 2.24) is 14.8 Å². The zero-order valence-corrected chi connectivity index (χ0v) is 18.1. The summed E-state index contributed by atoms with van der Waals surface area (Å²) in [4.78, 5) is 17.2. The summed E-state index contributed by atoms with van der Waals surface area (Å²) in [5.41, 5.74) is 6.11. The van der Waals surface area contributed by atoms with Gasteiger partial charge in [0.2, 0.25) is 5.91 Å². The highest BCUT2D eigenvalue weighted by Crippen LogP contribution is 2.32. The molecule has 0 spiro atoms. The van der Waals surface area contributed by atoms with Gasteiger partial charge in [0.15, 0.2) is 5.13 Å². The number of carbonyl (C=O) groups excluding carboxylic acids is 1. The molecule has 1 aromatic carbocycles. The average Bonchev–Trinajstić information content (AvgIpc) is 3.37. The van der Waals surface area contributed by atoms with Gasteiger partial charge < -0.3 is 10.1 Å². The number of amides is 1. The van der Waals surface area contributed by atoms with Crippen molar-refractivity contribution in [3.05, 3.63) is 46.1 Å². The van der Waals surface area contributed by atoms with Crippen molar-refractivity contribution in [2.45, 2.75) is 47.1 Å². The minimum absolute atomic E-state index is 0.0662. The molecule has 0 unspecified atom stereocenters. The van der Waals surface area contributed by atoms with Crippen LogP contribution >= 0.6 is 11.3 Å². The van der Waals surface area contributed by atoms with Crippen molar-refractivity contribution in [2.75, 3.05) is 11.9 Å². The van der Waals surface area contributed by atoms with Gasteiger partial charge in [-0.15, -0.1) is 11.3 Å². The molecule has 4 rings (SSSR count). The van der Waals surface area contributed by atoms with Crippen LogP contribution in [0.5, 0.6) is 5.75 Å². The highest BCUT2D eigenvalue weighted by atomic mass is 32.1. The first kappa shape index (κ1) is 19.6. The summed E-state index contributed by atoms with van der Waals surface area (Å²) < 4.78 is 7.57. The third-order valence-corrected chi connectivity index (χ3v) is 5.90. The van der Waals surface area contributed by atoms with Gasteiger partial charge >= 0.3 is 0 Å². The molecular formula is C22H26N4O2S. The molecule has 0 fully saturated rings. The number of hydrogen-bond acceptors (Lipinski definition) is 5. The largest absolute Gasteiger partial charge is 0.493 e. The first-order chi connectivity index (χ1) is 13.9. The Bertz CT molecular complexity index is 1050. The summed E-state index contributed by atoms with van der Waals surface area (Å²) in [6, 6.07) is 6.13. The number of carbonyl (C=O) groups is 1. The Labute approximate surface area is 174 Å². The number of thiazole rings is 1. The number of fused-ring (bicyclic) bond motifs is 1. The van der Waals surface area contributed by atoms with E-state index in [2.05, 4.69) is 35.3 Å². The third-order valence-electron chi connectivity index (χ3n) is 5.14. The van der Waals surface area contributed by atoms with Gasteiger partial charge in [-0.05, 0) is 43.5 Å². The van der Waals surface area contributed by atoms with Crippen molar-refractivity contribution in [1.29, 1.82) is 0 Å². The van der Waals surface area contributed by atoms with Crippen LogP contribution in [-0.4, -0.2) is 27.3 Å². The maximum atomic E-state index is 12.6. The number of ether oxygens (including phenoxy) is 1. The fourth-order valence-electron chi connectivity index (χ4n) is 3.65. The number of benzene rings is 1. The Balaban J connectivity index is 1.44. The molecule has 0 saturated carbocycles. The highest BCUT2D eigenvalue weighted by molar-refractivity contribution is 7.14. The van der Waals surface area contributed by atoms with E-state index in [9.17, 15) is 4.79 Å². The molecule has 2 aromatic heterocycles. The predicted molar refractivity (Wildman–Crippen MR) is 116 cm³/mol. The summed E-state index contributed by atoms with van der Waals surface area (Å²) in [6.45, 7) is 9.92. The SMILES string of the molecule is Cc1nn(CC(C)C)c(C)c1CC(=O)Nc1nc(-c2ccc3c(c2)CCO3)cs1. The molecule has 152 valence electrons. The Morgan fingerprint density at radius 2 is 2.17 bits per heavy atom. The van der Waals surface area contributed by atoms with Gasteiger partial charge in [0.1, 0.15) is 5.75 Å². The Kier molecular flexibility index (Phi) is 5.41. The van der Waals surface area contributed by atoms with E-state index >= 15 is 0 Å². The molecule has 3 heterocycles. The lowest BCUT2D eigenvalue weighted by molar-refractivity contribution is -0.115. The summed E-state index contributed by atoms with van der Waals surface area (Å²) in [5.74, 6) is 1.40. The van der Waals surface area contributed by atoms with Crippen molar-refractivity contribution >= 4 is 22.4 Å². The molecule has 1 N–H and O–H groups in total. The summed E-state index contributed by atoms with van der Waals surface area (Å²) in [6.07, 6.45) is 1.24. The lowest BCUT2D eigenvalue weighted by atomic mass is 10.1. The van der Waals surface area contributed by atoms with Gasteiger partial charge in [-0.2, -0.15) is 5.10 Å². The summed E-state index contributed by atoms with van der Waals surface area (Å²) in [5, 5.41) is 10.1. The zero-order valence-electron chi connectivity index (χ0n) is 17.3. The molecule has 29 heavy (non-hydrogen) atoms. The Morgan fingerprint density at radius 3 is 2.97 bits per heavy atom. The van der Waals surface area contributed by atoms with E-state index in [0.717, 1.165) is 53.5 Å². The second-order valence-corrected chi connectivity index (χ2v) is 8.77. The molecule has 1 aliphatic heterocycles. The fourth-order valence-corrected chi connectivity index (χ4v) is 4.38. The van der Waals surface area contributed by atoms with Gasteiger partial charge in [0.25, 0.3) is 0 Å². The minimum atomic E-state index is -0.0662. The standard InChI is InChI=1S/C22H26N4O2S/c1-13(2)11-26-15(4)18(14(3)25-26)10-21(27)24-22-23-19(12-29-22)16-5-6-20-17(9-16)7-8-28-20/h5-6,9,12-13H,7-8,10-11H2,1-4H3,(H,23,24,27). The number of aromatic nitrogens is 3. The third kappa shape index (κ3) is 4.19. The van der Waals surface area contributed by atoms with Crippen LogP contribution in [0.1, 0.15) is 36.4 Å². The minimum Gasteiger partial charge on any atom is -0.493 e. The van der Waals surface area contributed by atoms with E-state index in [-0.39, 0.29) is 5.91 Å². The van der Waals surface area contributed by atoms with E-state index in [1.807, 2.05) is 36.0 Å². The first-order valence-electron chi connectivity index (χ1n) is 9.95. The van der Waals surface area contributed by atoms with Crippen LogP contribution in [0.3, 0.4) is 0 Å². The lowest BCUT2D eigenvalue weighted by Crippen LogP contribution is -2.15. The van der Waals surface area contributed by atoms with Crippen LogP contribution in [0.25, 0.3) is 11.3 Å². The van der Waals surface area contributed by atoms with Gasteiger partial charge in [0.05, 0.1) is 24.4 Å². The number of rotatable bonds is 6. The molecule has 0 atom stereocenters. The maximum Gasteiger partial charge on any atom is 0.230 e. The van der Waals surface area contributed by atoms with Crippen molar-refractivity contribution in [3.8, 4) is 17.0 Å². The maximum absolute atomic E-state index is 12.6. The number of hydrogen-bond donors (Lipinski definition) is 1. The van der Waals surface area contributed by atoms with Crippen LogP contribution in [0.4, 0.5) is 5.13 Å². The van der Waals surface area contributed by atoms with E-state index in [1.165, 1.54) is 16.9 Å². The molecule has 0 radical (unpaired) electrons. The molecule has 7 heteroatoms. The second-order valence-electron chi connectivity index (χ2n) is 7.91. The predicted octanol–water partition coefficient (Wildman–Crippen LogP) is 4.40. The monoisotopic (exact) mass is 410 g/mol. The number of nitrogens with zero attached hydrogens (tertiary/aromatic N) is 3. The van der Waals surface area contributed by atoms with E-state index in [0.29, 0.717) is 17.5 Å². The van der Waals surface area contributed by atoms with Gasteiger partial charge in [-0.1, -0.05) is 13.8 Å². The molecule has 0 bridgehead atoms. The lowest BCUT2D eigenvalue weighted by Gasteiger charge is -2.08. The quantitative estimate of drug-likeness (QED) is 0.654. The highest BCUT2D eigenvalue weighted by Gasteiger charge is 2.17. The van der Waals surface area contributed by atoms with Crippen LogP contribution < -0.4 is 10.1 Å². The summed E-state index contributed by atoms with van der Waals surface area (Å²) in [7, 11) is 0. The average molecular weight is 411 g/mol. The molecule has 3 aromatic rings. The smallest absolute Gasteiger partial charge is 0.230 e. The molecule has 0 aliphatic carbocycles. The van der Waals surface area contributed by atoms with E-state index < -0.39 is 0 Å². The normalized spacial score (nSPS) is 12.9. The van der Waals surface area contributed by atoms with Crippen LogP contribution in [0.2, 0.25) is 0 Å². The molecule has 1 aliphatic rings. The molecule has 0 saturated heterocycles. The molecule has 6 nitrogen and oxygen atoms in total. The number of nitrogens with one attached hydrogen (secondary N) is 1.